The lowest BCUT2D eigenvalue weighted by atomic mass is 10.0. The summed E-state index contributed by atoms with van der Waals surface area (Å²) in [5, 5.41) is 2.93. The van der Waals surface area contributed by atoms with Crippen molar-refractivity contribution >= 4 is 17.6 Å². The fourth-order valence-electron chi connectivity index (χ4n) is 3.18. The van der Waals surface area contributed by atoms with Gasteiger partial charge in [0.15, 0.2) is 0 Å². The Kier molecular flexibility index (Phi) is 7.10. The van der Waals surface area contributed by atoms with Crippen molar-refractivity contribution in [2.75, 3.05) is 0 Å². The van der Waals surface area contributed by atoms with Gasteiger partial charge in [-0.25, -0.2) is 0 Å². The molecular formula is C23H28N2O3. The third-order valence-corrected chi connectivity index (χ3v) is 4.60. The lowest BCUT2D eigenvalue weighted by Gasteiger charge is -2.30. The maximum atomic E-state index is 12.5. The molecule has 5 heteroatoms. The Hall–Kier alpha value is -2.95. The number of nitrogens with zero attached hydrogens (tertiary/aromatic N) is 1. The summed E-state index contributed by atoms with van der Waals surface area (Å²) in [6.45, 7) is 9.44. The number of ketones is 1. The van der Waals surface area contributed by atoms with Crippen LogP contribution in [0.25, 0.3) is 0 Å². The summed E-state index contributed by atoms with van der Waals surface area (Å²) in [6, 6.07) is 15.6. The average Bonchev–Trinajstić information content (AvgIpc) is 2.67. The highest BCUT2D eigenvalue weighted by molar-refractivity contribution is 6.42. The zero-order valence-electron chi connectivity index (χ0n) is 17.1. The van der Waals surface area contributed by atoms with Crippen LogP contribution in [0.2, 0.25) is 0 Å². The number of carbonyl (C=O) groups excluding carboxylic acids is 3. The molecule has 2 rings (SSSR count). The van der Waals surface area contributed by atoms with E-state index in [-0.39, 0.29) is 29.6 Å². The molecule has 0 bridgehead atoms. The van der Waals surface area contributed by atoms with E-state index in [0.717, 1.165) is 5.56 Å². The Morgan fingerprint density at radius 3 is 1.75 bits per heavy atom. The van der Waals surface area contributed by atoms with Gasteiger partial charge in [0.25, 0.3) is 11.8 Å². The van der Waals surface area contributed by atoms with Gasteiger partial charge in [-0.05, 0) is 52.3 Å². The molecule has 0 aliphatic rings. The van der Waals surface area contributed by atoms with Crippen LogP contribution in [0.5, 0.6) is 0 Å². The molecule has 0 fully saturated rings. The highest BCUT2D eigenvalue weighted by Gasteiger charge is 2.27. The third kappa shape index (κ3) is 5.06. The Morgan fingerprint density at radius 2 is 1.25 bits per heavy atom. The summed E-state index contributed by atoms with van der Waals surface area (Å²) in [5.74, 6) is -1.32. The van der Waals surface area contributed by atoms with Crippen molar-refractivity contribution in [3.05, 3.63) is 71.3 Å². The van der Waals surface area contributed by atoms with Gasteiger partial charge in [0, 0.05) is 23.2 Å². The average molecular weight is 380 g/mol. The SMILES string of the molecule is CC(C)N(C(=O)C(=O)c1ccc(C(=O)N[C@@H](C)c2ccccc2)cc1)C(C)C. The predicted octanol–water partition coefficient (Wildman–Crippen LogP) is 4.01. The molecule has 2 aromatic rings. The Labute approximate surface area is 166 Å². The van der Waals surface area contributed by atoms with Crippen LogP contribution in [0.4, 0.5) is 0 Å². The van der Waals surface area contributed by atoms with Crippen molar-refractivity contribution in [1.82, 2.24) is 10.2 Å². The molecular weight excluding hydrogens is 352 g/mol. The summed E-state index contributed by atoms with van der Waals surface area (Å²) in [7, 11) is 0. The predicted molar refractivity (Wildman–Crippen MR) is 110 cm³/mol. The molecule has 1 atom stereocenters. The zero-order valence-corrected chi connectivity index (χ0v) is 17.1. The quantitative estimate of drug-likeness (QED) is 0.583. The van der Waals surface area contributed by atoms with Crippen LogP contribution in [-0.2, 0) is 4.79 Å². The number of rotatable bonds is 7. The maximum absolute atomic E-state index is 12.5. The number of Topliss-reactive ketones (excluding diaryl/α,β-unsaturated/α-hetero) is 1. The van der Waals surface area contributed by atoms with Gasteiger partial charge in [0.1, 0.15) is 0 Å². The minimum absolute atomic E-state index is 0.0685. The highest BCUT2D eigenvalue weighted by Crippen LogP contribution is 2.14. The van der Waals surface area contributed by atoms with E-state index < -0.39 is 11.7 Å². The van der Waals surface area contributed by atoms with Gasteiger partial charge in [0.05, 0.1) is 6.04 Å². The Balaban J connectivity index is 2.09. The van der Waals surface area contributed by atoms with Crippen LogP contribution in [0, 0.1) is 0 Å². The first kappa shape index (κ1) is 21.4. The van der Waals surface area contributed by atoms with E-state index in [1.807, 2.05) is 65.0 Å². The first-order chi connectivity index (χ1) is 13.2. The molecule has 0 spiro atoms. The van der Waals surface area contributed by atoms with Crippen LogP contribution < -0.4 is 5.32 Å². The van der Waals surface area contributed by atoms with Crippen molar-refractivity contribution in [3.8, 4) is 0 Å². The van der Waals surface area contributed by atoms with Gasteiger partial charge in [-0.2, -0.15) is 0 Å². The second-order valence-electron chi connectivity index (χ2n) is 7.41. The second-order valence-corrected chi connectivity index (χ2v) is 7.41. The standard InChI is InChI=1S/C23H28N2O3/c1-15(2)25(16(3)4)23(28)21(26)19-11-13-20(14-12-19)22(27)24-17(5)18-9-7-6-8-10-18/h6-17H,1-5H3,(H,24,27)/t17-/m0/s1. The number of nitrogens with one attached hydrogen (secondary N) is 1. The highest BCUT2D eigenvalue weighted by atomic mass is 16.2. The molecule has 0 unspecified atom stereocenters. The summed E-state index contributed by atoms with van der Waals surface area (Å²) >= 11 is 0. The number of carbonyl (C=O) groups is 3. The minimum Gasteiger partial charge on any atom is -0.346 e. The maximum Gasteiger partial charge on any atom is 0.295 e. The second kappa shape index (κ2) is 9.31. The first-order valence-electron chi connectivity index (χ1n) is 9.55. The first-order valence-corrected chi connectivity index (χ1v) is 9.55. The molecule has 2 aromatic carbocycles. The number of benzene rings is 2. The molecule has 5 nitrogen and oxygen atoms in total. The minimum atomic E-state index is -0.563. The summed E-state index contributed by atoms with van der Waals surface area (Å²) < 4.78 is 0. The lowest BCUT2D eigenvalue weighted by Crippen LogP contribution is -2.45. The number of amides is 2. The van der Waals surface area contributed by atoms with Gasteiger partial charge in [-0.3, -0.25) is 14.4 Å². The fourth-order valence-corrected chi connectivity index (χ4v) is 3.18. The normalized spacial score (nSPS) is 12.0. The molecule has 0 aromatic heterocycles. The molecule has 0 radical (unpaired) electrons. The van der Waals surface area contributed by atoms with Crippen molar-refractivity contribution in [2.24, 2.45) is 0 Å². The molecule has 1 N–H and O–H groups in total. The van der Waals surface area contributed by atoms with Crippen LogP contribution in [0.15, 0.2) is 54.6 Å². The molecule has 0 heterocycles. The smallest absolute Gasteiger partial charge is 0.295 e. The van der Waals surface area contributed by atoms with E-state index in [4.69, 9.17) is 0 Å². The molecule has 0 aliphatic heterocycles. The van der Waals surface area contributed by atoms with Crippen molar-refractivity contribution in [3.63, 3.8) is 0 Å². The van der Waals surface area contributed by atoms with Crippen molar-refractivity contribution in [1.29, 1.82) is 0 Å². The van der Waals surface area contributed by atoms with E-state index in [0.29, 0.717) is 5.56 Å². The monoisotopic (exact) mass is 380 g/mol. The summed E-state index contributed by atoms with van der Waals surface area (Å²) in [6.07, 6.45) is 0. The topological polar surface area (TPSA) is 66.5 Å². The molecule has 2 amide bonds. The largest absolute Gasteiger partial charge is 0.346 e. The molecule has 0 saturated carbocycles. The Bertz CT molecular complexity index is 819. The Morgan fingerprint density at radius 1 is 0.750 bits per heavy atom. The van der Waals surface area contributed by atoms with Crippen LogP contribution in [-0.4, -0.2) is 34.6 Å². The fraction of sp³-hybridized carbons (Fsp3) is 0.348. The van der Waals surface area contributed by atoms with Crippen LogP contribution in [0.3, 0.4) is 0 Å². The van der Waals surface area contributed by atoms with E-state index in [1.165, 1.54) is 12.1 Å². The van der Waals surface area contributed by atoms with E-state index in [9.17, 15) is 14.4 Å². The summed E-state index contributed by atoms with van der Waals surface area (Å²) in [5.41, 5.74) is 1.73. The van der Waals surface area contributed by atoms with Gasteiger partial charge < -0.3 is 10.2 Å². The van der Waals surface area contributed by atoms with Crippen LogP contribution >= 0.6 is 0 Å². The van der Waals surface area contributed by atoms with E-state index >= 15 is 0 Å². The molecule has 0 saturated heterocycles. The number of hydrogen-bond acceptors (Lipinski definition) is 3. The molecule has 28 heavy (non-hydrogen) atoms. The lowest BCUT2D eigenvalue weighted by molar-refractivity contribution is -0.129. The van der Waals surface area contributed by atoms with E-state index in [1.54, 1.807) is 17.0 Å². The van der Waals surface area contributed by atoms with Crippen molar-refractivity contribution in [2.45, 2.75) is 52.7 Å². The van der Waals surface area contributed by atoms with Gasteiger partial charge in [0.2, 0.25) is 5.78 Å². The summed E-state index contributed by atoms with van der Waals surface area (Å²) in [4.78, 5) is 39.1. The third-order valence-electron chi connectivity index (χ3n) is 4.60. The van der Waals surface area contributed by atoms with Gasteiger partial charge in [-0.15, -0.1) is 0 Å². The van der Waals surface area contributed by atoms with E-state index in [2.05, 4.69) is 5.32 Å². The van der Waals surface area contributed by atoms with Crippen LogP contribution in [0.1, 0.15) is 66.9 Å². The van der Waals surface area contributed by atoms with Gasteiger partial charge in [-0.1, -0.05) is 42.5 Å². The molecule has 0 aliphatic carbocycles. The zero-order chi connectivity index (χ0) is 20.8. The number of hydrogen-bond donors (Lipinski definition) is 1. The van der Waals surface area contributed by atoms with Gasteiger partial charge >= 0.3 is 0 Å². The molecule has 148 valence electrons. The van der Waals surface area contributed by atoms with Crippen molar-refractivity contribution < 1.29 is 14.4 Å².